The van der Waals surface area contributed by atoms with Gasteiger partial charge in [-0.15, -0.1) is 13.2 Å². The van der Waals surface area contributed by atoms with Crippen LogP contribution in [0.25, 0.3) is 0 Å². The summed E-state index contributed by atoms with van der Waals surface area (Å²) in [5.74, 6) is 4.91. The molecule has 102 valence electrons. The summed E-state index contributed by atoms with van der Waals surface area (Å²) in [6.45, 7) is 0. The van der Waals surface area contributed by atoms with Gasteiger partial charge in [-0.05, 0) is 37.8 Å². The fourth-order valence-electron chi connectivity index (χ4n) is 2.05. The summed E-state index contributed by atoms with van der Waals surface area (Å²) in [5, 5.41) is 10.0. The Morgan fingerprint density at radius 3 is 2.42 bits per heavy atom. The summed E-state index contributed by atoms with van der Waals surface area (Å²) in [4.78, 5) is 0. The molecule has 1 fully saturated rings. The van der Waals surface area contributed by atoms with E-state index in [0.29, 0.717) is 12.8 Å². The van der Waals surface area contributed by atoms with Gasteiger partial charge in [0, 0.05) is 0 Å². The summed E-state index contributed by atoms with van der Waals surface area (Å²) in [7, 11) is 0. The van der Waals surface area contributed by atoms with E-state index in [1.165, 1.54) is 18.2 Å². The maximum absolute atomic E-state index is 12.2. The van der Waals surface area contributed by atoms with Crippen molar-refractivity contribution < 1.29 is 23.0 Å². The molecule has 0 aliphatic heterocycles. The van der Waals surface area contributed by atoms with Crippen LogP contribution in [0.4, 0.5) is 13.2 Å². The van der Waals surface area contributed by atoms with Crippen molar-refractivity contribution in [1.82, 2.24) is 0 Å². The Morgan fingerprint density at radius 2 is 1.79 bits per heavy atom. The van der Waals surface area contributed by atoms with Crippen LogP contribution in [0.5, 0.6) is 5.75 Å². The Bertz CT molecular complexity index is 505. The van der Waals surface area contributed by atoms with Crippen LogP contribution in [0.1, 0.15) is 31.2 Å². The van der Waals surface area contributed by atoms with Crippen molar-refractivity contribution >= 4 is 0 Å². The molecule has 5 heteroatoms. The van der Waals surface area contributed by atoms with Gasteiger partial charge in [0.1, 0.15) is 11.4 Å². The number of benzene rings is 1. The van der Waals surface area contributed by atoms with Crippen molar-refractivity contribution in [2.75, 3.05) is 0 Å². The SMILES string of the molecule is OC1(C#Cc2ccccc2OC(F)(F)F)CCCC1. The normalized spacial score (nSPS) is 17.7. The molecule has 0 spiro atoms. The van der Waals surface area contributed by atoms with Crippen LogP contribution < -0.4 is 4.74 Å². The third-order valence-corrected chi connectivity index (χ3v) is 2.97. The van der Waals surface area contributed by atoms with Gasteiger partial charge in [0.05, 0.1) is 5.56 Å². The Hall–Kier alpha value is -1.67. The van der Waals surface area contributed by atoms with Gasteiger partial charge in [-0.25, -0.2) is 0 Å². The van der Waals surface area contributed by atoms with Gasteiger partial charge in [-0.2, -0.15) is 0 Å². The van der Waals surface area contributed by atoms with Crippen LogP contribution >= 0.6 is 0 Å². The van der Waals surface area contributed by atoms with Gasteiger partial charge in [0.2, 0.25) is 0 Å². The van der Waals surface area contributed by atoms with E-state index in [1.54, 1.807) is 6.07 Å². The quantitative estimate of drug-likeness (QED) is 0.794. The topological polar surface area (TPSA) is 29.5 Å². The molecule has 0 radical (unpaired) electrons. The summed E-state index contributed by atoms with van der Waals surface area (Å²) < 4.78 is 40.6. The Morgan fingerprint density at radius 1 is 1.16 bits per heavy atom. The molecule has 1 aliphatic carbocycles. The second kappa shape index (κ2) is 5.14. The van der Waals surface area contributed by atoms with Crippen LogP contribution in [0.3, 0.4) is 0 Å². The smallest absolute Gasteiger partial charge is 0.404 e. The number of hydrogen-bond acceptors (Lipinski definition) is 2. The molecule has 2 rings (SSSR count). The number of ether oxygens (including phenoxy) is 1. The average molecular weight is 270 g/mol. The monoisotopic (exact) mass is 270 g/mol. The zero-order valence-corrected chi connectivity index (χ0v) is 10.1. The van der Waals surface area contributed by atoms with Crippen molar-refractivity contribution in [3.05, 3.63) is 29.8 Å². The van der Waals surface area contributed by atoms with E-state index in [-0.39, 0.29) is 11.3 Å². The summed E-state index contributed by atoms with van der Waals surface area (Å²) in [6.07, 6.45) is -1.87. The molecule has 1 N–H and O–H groups in total. The Balaban J connectivity index is 2.23. The zero-order valence-electron chi connectivity index (χ0n) is 10.1. The average Bonchev–Trinajstić information content (AvgIpc) is 2.74. The largest absolute Gasteiger partial charge is 0.573 e. The molecular formula is C14H13F3O2. The maximum atomic E-state index is 12.2. The van der Waals surface area contributed by atoms with E-state index in [4.69, 9.17) is 0 Å². The molecule has 19 heavy (non-hydrogen) atoms. The highest BCUT2D eigenvalue weighted by atomic mass is 19.4. The number of halogens is 3. The lowest BCUT2D eigenvalue weighted by atomic mass is 10.0. The molecule has 0 heterocycles. The lowest BCUT2D eigenvalue weighted by molar-refractivity contribution is -0.274. The second-order valence-corrected chi connectivity index (χ2v) is 4.53. The molecule has 0 unspecified atom stereocenters. The minimum Gasteiger partial charge on any atom is -0.404 e. The van der Waals surface area contributed by atoms with Crippen molar-refractivity contribution in [2.45, 2.75) is 37.6 Å². The number of aliphatic hydroxyl groups is 1. The Kier molecular flexibility index (Phi) is 3.72. The highest BCUT2D eigenvalue weighted by molar-refractivity contribution is 5.47. The van der Waals surface area contributed by atoms with Crippen molar-refractivity contribution in [2.24, 2.45) is 0 Å². The van der Waals surface area contributed by atoms with E-state index in [9.17, 15) is 18.3 Å². The molecule has 1 saturated carbocycles. The van der Waals surface area contributed by atoms with Crippen LogP contribution in [0.15, 0.2) is 24.3 Å². The third kappa shape index (κ3) is 3.90. The second-order valence-electron chi connectivity index (χ2n) is 4.53. The van der Waals surface area contributed by atoms with E-state index >= 15 is 0 Å². The lowest BCUT2D eigenvalue weighted by Gasteiger charge is -2.13. The summed E-state index contributed by atoms with van der Waals surface area (Å²) in [6, 6.07) is 5.66. The Labute approximate surface area is 109 Å². The first-order valence-corrected chi connectivity index (χ1v) is 5.98. The molecule has 0 aromatic heterocycles. The molecular weight excluding hydrogens is 257 g/mol. The van der Waals surface area contributed by atoms with Crippen molar-refractivity contribution in [3.8, 4) is 17.6 Å². The number of hydrogen-bond donors (Lipinski definition) is 1. The highest BCUT2D eigenvalue weighted by Crippen LogP contribution is 2.29. The van der Waals surface area contributed by atoms with E-state index < -0.39 is 12.0 Å². The first kappa shape index (κ1) is 13.8. The molecule has 0 saturated heterocycles. The molecule has 1 aromatic rings. The fraction of sp³-hybridized carbons (Fsp3) is 0.429. The minimum atomic E-state index is -4.75. The van der Waals surface area contributed by atoms with Crippen LogP contribution in [0.2, 0.25) is 0 Å². The highest BCUT2D eigenvalue weighted by Gasteiger charge is 2.32. The molecule has 0 bridgehead atoms. The molecule has 0 atom stereocenters. The summed E-state index contributed by atoms with van der Waals surface area (Å²) >= 11 is 0. The van der Waals surface area contributed by atoms with Gasteiger partial charge >= 0.3 is 6.36 Å². The lowest BCUT2D eigenvalue weighted by Crippen LogP contribution is -2.21. The van der Waals surface area contributed by atoms with Crippen molar-refractivity contribution in [3.63, 3.8) is 0 Å². The van der Waals surface area contributed by atoms with E-state index in [0.717, 1.165) is 12.8 Å². The van der Waals surface area contributed by atoms with Gasteiger partial charge < -0.3 is 9.84 Å². The first-order valence-electron chi connectivity index (χ1n) is 5.98. The number of alkyl halides is 3. The predicted octanol–water partition coefficient (Wildman–Crippen LogP) is 3.24. The zero-order chi connectivity index (χ0) is 13.9. The molecule has 1 aromatic carbocycles. The van der Waals surface area contributed by atoms with Gasteiger partial charge in [-0.3, -0.25) is 0 Å². The van der Waals surface area contributed by atoms with Gasteiger partial charge in [0.15, 0.2) is 0 Å². The third-order valence-electron chi connectivity index (χ3n) is 2.97. The predicted molar refractivity (Wildman–Crippen MR) is 63.4 cm³/mol. The summed E-state index contributed by atoms with van der Waals surface area (Å²) in [5.41, 5.74) is -0.953. The van der Waals surface area contributed by atoms with Gasteiger partial charge in [0.25, 0.3) is 0 Å². The van der Waals surface area contributed by atoms with E-state index in [2.05, 4.69) is 16.6 Å². The molecule has 2 nitrogen and oxygen atoms in total. The van der Waals surface area contributed by atoms with E-state index in [1.807, 2.05) is 0 Å². The molecule has 0 amide bonds. The van der Waals surface area contributed by atoms with Crippen LogP contribution in [-0.4, -0.2) is 17.1 Å². The standard InChI is InChI=1S/C14H13F3O2/c15-14(16,17)19-12-6-2-1-5-11(12)7-10-13(18)8-3-4-9-13/h1-2,5-6,18H,3-4,8-9H2. The van der Waals surface area contributed by atoms with Gasteiger partial charge in [-0.1, -0.05) is 24.0 Å². The minimum absolute atomic E-state index is 0.125. The number of para-hydroxylation sites is 1. The fourth-order valence-corrected chi connectivity index (χ4v) is 2.05. The molecule has 1 aliphatic rings. The number of rotatable bonds is 1. The van der Waals surface area contributed by atoms with Crippen molar-refractivity contribution in [1.29, 1.82) is 0 Å². The van der Waals surface area contributed by atoms with Crippen LogP contribution in [0, 0.1) is 11.8 Å². The van der Waals surface area contributed by atoms with Crippen LogP contribution in [-0.2, 0) is 0 Å². The first-order chi connectivity index (χ1) is 8.88. The maximum Gasteiger partial charge on any atom is 0.573 e.